The summed E-state index contributed by atoms with van der Waals surface area (Å²) in [7, 11) is 0. The maximum Gasteiger partial charge on any atom is 0.237 e. The highest BCUT2D eigenvalue weighted by Gasteiger charge is 2.32. The van der Waals surface area contributed by atoms with Crippen molar-refractivity contribution in [1.82, 2.24) is 4.98 Å². The van der Waals surface area contributed by atoms with E-state index in [1.807, 2.05) is 0 Å². The SMILES string of the molecule is CCCCC1(C)COC(c2ncc(F)cc2Br)=N1. The van der Waals surface area contributed by atoms with Crippen molar-refractivity contribution in [2.75, 3.05) is 6.61 Å². The van der Waals surface area contributed by atoms with Crippen molar-refractivity contribution in [3.05, 3.63) is 28.2 Å². The third-order valence-corrected chi connectivity index (χ3v) is 3.58. The van der Waals surface area contributed by atoms with E-state index in [1.54, 1.807) is 0 Å². The van der Waals surface area contributed by atoms with Gasteiger partial charge in [0.25, 0.3) is 0 Å². The fourth-order valence-electron chi connectivity index (χ4n) is 1.91. The Kier molecular flexibility index (Phi) is 4.00. The van der Waals surface area contributed by atoms with Crippen LogP contribution in [-0.4, -0.2) is 23.0 Å². The third kappa shape index (κ3) is 2.88. The van der Waals surface area contributed by atoms with Crippen LogP contribution >= 0.6 is 15.9 Å². The molecule has 1 unspecified atom stereocenters. The quantitative estimate of drug-likeness (QED) is 0.849. The van der Waals surface area contributed by atoms with Crippen molar-refractivity contribution in [3.63, 3.8) is 0 Å². The second-order valence-electron chi connectivity index (χ2n) is 4.79. The summed E-state index contributed by atoms with van der Waals surface area (Å²) < 4.78 is 19.2. The topological polar surface area (TPSA) is 34.5 Å². The average Bonchev–Trinajstić information content (AvgIpc) is 2.70. The van der Waals surface area contributed by atoms with Gasteiger partial charge in [-0.1, -0.05) is 19.8 Å². The summed E-state index contributed by atoms with van der Waals surface area (Å²) in [6.07, 6.45) is 4.42. The summed E-state index contributed by atoms with van der Waals surface area (Å²) in [4.78, 5) is 8.63. The first-order valence-corrected chi connectivity index (χ1v) is 6.87. The van der Waals surface area contributed by atoms with E-state index < -0.39 is 0 Å². The molecule has 18 heavy (non-hydrogen) atoms. The molecule has 1 aliphatic heterocycles. The van der Waals surface area contributed by atoms with Crippen molar-refractivity contribution in [2.45, 2.75) is 38.6 Å². The van der Waals surface area contributed by atoms with Crippen LogP contribution in [0.5, 0.6) is 0 Å². The van der Waals surface area contributed by atoms with Crippen LogP contribution in [0, 0.1) is 5.82 Å². The Morgan fingerprint density at radius 2 is 2.33 bits per heavy atom. The Bertz CT molecular complexity index is 478. The molecule has 98 valence electrons. The van der Waals surface area contributed by atoms with Gasteiger partial charge < -0.3 is 4.74 Å². The smallest absolute Gasteiger partial charge is 0.237 e. The second kappa shape index (κ2) is 5.34. The molecule has 0 saturated heterocycles. The summed E-state index contributed by atoms with van der Waals surface area (Å²) in [6.45, 7) is 4.79. The number of pyridine rings is 1. The lowest BCUT2D eigenvalue weighted by molar-refractivity contribution is 0.254. The van der Waals surface area contributed by atoms with E-state index in [2.05, 4.69) is 39.8 Å². The van der Waals surface area contributed by atoms with Crippen LogP contribution in [0.15, 0.2) is 21.7 Å². The third-order valence-electron chi connectivity index (χ3n) is 2.97. The molecule has 2 heterocycles. The molecule has 3 nitrogen and oxygen atoms in total. The molecule has 2 rings (SSSR count). The summed E-state index contributed by atoms with van der Waals surface area (Å²) in [6, 6.07) is 1.37. The number of aromatic nitrogens is 1. The lowest BCUT2D eigenvalue weighted by Gasteiger charge is -2.16. The van der Waals surface area contributed by atoms with Gasteiger partial charge in [0.05, 0.1) is 16.2 Å². The standard InChI is InChI=1S/C13H16BrFN2O/c1-3-4-5-13(2)8-18-12(17-13)11-10(14)6-9(15)7-16-11/h6-7H,3-5,8H2,1-2H3. The van der Waals surface area contributed by atoms with Crippen molar-refractivity contribution in [3.8, 4) is 0 Å². The summed E-state index contributed by atoms with van der Waals surface area (Å²) in [5.74, 6) is 0.124. The van der Waals surface area contributed by atoms with E-state index in [0.29, 0.717) is 22.7 Å². The summed E-state index contributed by atoms with van der Waals surface area (Å²) in [5, 5.41) is 0. The Hall–Kier alpha value is -0.970. The molecule has 0 aromatic carbocycles. The Labute approximate surface area is 115 Å². The highest BCUT2D eigenvalue weighted by Crippen LogP contribution is 2.28. The number of rotatable bonds is 4. The van der Waals surface area contributed by atoms with Gasteiger partial charge in [0.1, 0.15) is 18.1 Å². The minimum absolute atomic E-state index is 0.180. The van der Waals surface area contributed by atoms with E-state index in [1.165, 1.54) is 12.3 Å². The van der Waals surface area contributed by atoms with E-state index in [-0.39, 0.29) is 11.4 Å². The highest BCUT2D eigenvalue weighted by atomic mass is 79.9. The van der Waals surface area contributed by atoms with E-state index in [4.69, 9.17) is 4.74 Å². The first kappa shape index (κ1) is 13.5. The first-order chi connectivity index (χ1) is 8.54. The molecule has 0 N–H and O–H groups in total. The minimum atomic E-state index is -0.377. The number of hydrogen-bond donors (Lipinski definition) is 0. The van der Waals surface area contributed by atoms with Gasteiger partial charge in [0, 0.05) is 0 Å². The molecule has 0 amide bonds. The van der Waals surface area contributed by atoms with Gasteiger partial charge in [-0.2, -0.15) is 0 Å². The zero-order chi connectivity index (χ0) is 13.2. The predicted molar refractivity (Wildman–Crippen MR) is 72.3 cm³/mol. The molecule has 0 fully saturated rings. The number of hydrogen-bond acceptors (Lipinski definition) is 3. The van der Waals surface area contributed by atoms with Crippen LogP contribution in [0.2, 0.25) is 0 Å². The normalized spacial score (nSPS) is 22.8. The molecule has 0 bridgehead atoms. The van der Waals surface area contributed by atoms with E-state index >= 15 is 0 Å². The molecule has 1 aliphatic rings. The summed E-state index contributed by atoms with van der Waals surface area (Å²) in [5.41, 5.74) is 0.387. The van der Waals surface area contributed by atoms with Gasteiger partial charge in [-0.25, -0.2) is 14.4 Å². The molecule has 1 atom stereocenters. The predicted octanol–water partition coefficient (Wildman–Crippen LogP) is 3.71. The van der Waals surface area contributed by atoms with Gasteiger partial charge in [-0.05, 0) is 35.3 Å². The average molecular weight is 315 g/mol. The van der Waals surface area contributed by atoms with Crippen molar-refractivity contribution < 1.29 is 9.13 Å². The van der Waals surface area contributed by atoms with Crippen molar-refractivity contribution in [1.29, 1.82) is 0 Å². The fraction of sp³-hybridized carbons (Fsp3) is 0.538. The van der Waals surface area contributed by atoms with Gasteiger partial charge in [-0.15, -0.1) is 0 Å². The Morgan fingerprint density at radius 1 is 1.56 bits per heavy atom. The van der Waals surface area contributed by atoms with Crippen molar-refractivity contribution >= 4 is 21.8 Å². The second-order valence-corrected chi connectivity index (χ2v) is 5.64. The van der Waals surface area contributed by atoms with Crippen LogP contribution in [0.1, 0.15) is 38.8 Å². The molecular formula is C13H16BrFN2O. The van der Waals surface area contributed by atoms with Crippen LogP contribution < -0.4 is 0 Å². The maximum absolute atomic E-state index is 13.0. The van der Waals surface area contributed by atoms with Crippen LogP contribution in [0.3, 0.4) is 0 Å². The van der Waals surface area contributed by atoms with Crippen LogP contribution in [0.25, 0.3) is 0 Å². The molecule has 5 heteroatoms. The molecule has 0 aliphatic carbocycles. The highest BCUT2D eigenvalue weighted by molar-refractivity contribution is 9.10. The van der Waals surface area contributed by atoms with Gasteiger partial charge >= 0.3 is 0 Å². The first-order valence-electron chi connectivity index (χ1n) is 6.08. The van der Waals surface area contributed by atoms with E-state index in [0.717, 1.165) is 19.3 Å². The fourth-order valence-corrected chi connectivity index (χ4v) is 2.40. The molecule has 0 radical (unpaired) electrons. The number of nitrogens with zero attached hydrogens (tertiary/aromatic N) is 2. The largest absolute Gasteiger partial charge is 0.474 e. The molecule has 1 aromatic rings. The number of unbranched alkanes of at least 4 members (excludes halogenated alkanes) is 1. The Balaban J connectivity index is 2.22. The van der Waals surface area contributed by atoms with Crippen LogP contribution in [0.4, 0.5) is 4.39 Å². The minimum Gasteiger partial charge on any atom is -0.474 e. The molecule has 0 saturated carbocycles. The molecule has 1 aromatic heterocycles. The zero-order valence-corrected chi connectivity index (χ0v) is 12.1. The van der Waals surface area contributed by atoms with Gasteiger partial charge in [-0.3, -0.25) is 0 Å². The number of ether oxygens (including phenoxy) is 1. The van der Waals surface area contributed by atoms with Crippen molar-refractivity contribution in [2.24, 2.45) is 4.99 Å². The molecule has 0 spiro atoms. The number of halogens is 2. The van der Waals surface area contributed by atoms with Crippen LogP contribution in [-0.2, 0) is 4.74 Å². The summed E-state index contributed by atoms with van der Waals surface area (Å²) >= 11 is 3.28. The monoisotopic (exact) mass is 314 g/mol. The number of aliphatic imine (C=N–C) groups is 1. The Morgan fingerprint density at radius 3 is 3.00 bits per heavy atom. The zero-order valence-electron chi connectivity index (χ0n) is 10.5. The van der Waals surface area contributed by atoms with Gasteiger partial charge in [0.2, 0.25) is 5.90 Å². The lowest BCUT2D eigenvalue weighted by atomic mass is 9.97. The maximum atomic E-state index is 13.0. The van der Waals surface area contributed by atoms with Gasteiger partial charge in [0.15, 0.2) is 0 Å². The van der Waals surface area contributed by atoms with E-state index in [9.17, 15) is 4.39 Å². The lowest BCUT2D eigenvalue weighted by Crippen LogP contribution is -2.23. The molecular weight excluding hydrogens is 299 g/mol.